The molecule has 1 aromatic rings. The molecule has 168 valence electrons. The van der Waals surface area contributed by atoms with Crippen molar-refractivity contribution in [3.8, 4) is 5.75 Å². The minimum atomic E-state index is -1.19. The molecule has 0 saturated heterocycles. The number of amides is 2. The number of hydrogen-bond donors (Lipinski definition) is 6. The summed E-state index contributed by atoms with van der Waals surface area (Å²) in [7, 11) is 0. The fourth-order valence-electron chi connectivity index (χ4n) is 2.93. The predicted octanol–water partition coefficient (Wildman–Crippen LogP) is 0.491. The van der Waals surface area contributed by atoms with Crippen LogP contribution in [0.25, 0.3) is 0 Å². The first-order valence-corrected chi connectivity index (χ1v) is 10.3. The number of phenolic OH excluding ortho intramolecular Hbond substituents is 1. The molecule has 2 amide bonds. The van der Waals surface area contributed by atoms with E-state index in [4.69, 9.17) is 11.5 Å². The van der Waals surface area contributed by atoms with Gasteiger partial charge in [0.1, 0.15) is 17.8 Å². The van der Waals surface area contributed by atoms with Crippen LogP contribution in [0.3, 0.4) is 0 Å². The number of carbonyl (C=O) groups excluding carboxylic acids is 2. The maximum atomic E-state index is 12.8. The van der Waals surface area contributed by atoms with E-state index in [1.54, 1.807) is 19.1 Å². The number of carboxylic acids is 1. The van der Waals surface area contributed by atoms with Gasteiger partial charge >= 0.3 is 5.97 Å². The van der Waals surface area contributed by atoms with Crippen LogP contribution in [0.2, 0.25) is 0 Å². The van der Waals surface area contributed by atoms with Crippen molar-refractivity contribution in [2.45, 2.75) is 64.1 Å². The zero-order valence-corrected chi connectivity index (χ0v) is 17.6. The van der Waals surface area contributed by atoms with Gasteiger partial charge in [0.25, 0.3) is 0 Å². The highest BCUT2D eigenvalue weighted by molar-refractivity contribution is 5.92. The van der Waals surface area contributed by atoms with Crippen LogP contribution in [0.5, 0.6) is 5.75 Å². The molecule has 0 aliphatic heterocycles. The molecule has 9 heteroatoms. The SMILES string of the molecule is CCC(C)C(NC(=O)C(N)CCCCN)C(=O)NC(Cc1ccc(O)cc1)C(=O)O. The van der Waals surface area contributed by atoms with Crippen molar-refractivity contribution >= 4 is 17.8 Å². The topological polar surface area (TPSA) is 168 Å². The van der Waals surface area contributed by atoms with Crippen molar-refractivity contribution in [3.63, 3.8) is 0 Å². The molecule has 1 aromatic carbocycles. The smallest absolute Gasteiger partial charge is 0.326 e. The number of carboxylic acid groups (broad SMARTS) is 1. The fourth-order valence-corrected chi connectivity index (χ4v) is 2.93. The lowest BCUT2D eigenvalue weighted by molar-refractivity contribution is -0.142. The number of benzene rings is 1. The van der Waals surface area contributed by atoms with E-state index in [-0.39, 0.29) is 18.1 Å². The maximum absolute atomic E-state index is 12.8. The van der Waals surface area contributed by atoms with Gasteiger partial charge in [-0.15, -0.1) is 0 Å². The van der Waals surface area contributed by atoms with Gasteiger partial charge in [0, 0.05) is 6.42 Å². The molecule has 4 unspecified atom stereocenters. The van der Waals surface area contributed by atoms with E-state index in [0.29, 0.717) is 31.4 Å². The summed E-state index contributed by atoms with van der Waals surface area (Å²) in [4.78, 5) is 36.9. The molecular weight excluding hydrogens is 388 g/mol. The second-order valence-electron chi connectivity index (χ2n) is 7.53. The molecule has 0 fully saturated rings. The van der Waals surface area contributed by atoms with Gasteiger partial charge in [0.2, 0.25) is 11.8 Å². The highest BCUT2D eigenvalue weighted by Crippen LogP contribution is 2.13. The molecule has 0 heterocycles. The summed E-state index contributed by atoms with van der Waals surface area (Å²) in [5.74, 6) is -2.36. The first kappa shape index (κ1) is 25.4. The molecule has 1 rings (SSSR count). The number of hydrogen-bond acceptors (Lipinski definition) is 6. The summed E-state index contributed by atoms with van der Waals surface area (Å²) in [6, 6.07) is 3.24. The third kappa shape index (κ3) is 8.38. The molecule has 30 heavy (non-hydrogen) atoms. The third-order valence-electron chi connectivity index (χ3n) is 5.09. The normalized spacial score (nSPS) is 14.9. The Hall–Kier alpha value is -2.65. The van der Waals surface area contributed by atoms with E-state index in [0.717, 1.165) is 6.42 Å². The van der Waals surface area contributed by atoms with Crippen molar-refractivity contribution in [3.05, 3.63) is 29.8 Å². The first-order valence-electron chi connectivity index (χ1n) is 10.3. The molecule has 0 aliphatic carbocycles. The molecule has 0 aromatic heterocycles. The Morgan fingerprint density at radius 2 is 1.70 bits per heavy atom. The minimum Gasteiger partial charge on any atom is -0.508 e. The third-order valence-corrected chi connectivity index (χ3v) is 5.09. The second kappa shape index (κ2) is 12.8. The van der Waals surface area contributed by atoms with Crippen LogP contribution >= 0.6 is 0 Å². The van der Waals surface area contributed by atoms with Crippen LogP contribution in [0.4, 0.5) is 0 Å². The van der Waals surface area contributed by atoms with E-state index in [2.05, 4.69) is 10.6 Å². The van der Waals surface area contributed by atoms with Gasteiger partial charge in [-0.05, 0) is 43.0 Å². The molecule has 9 nitrogen and oxygen atoms in total. The molecule has 8 N–H and O–H groups in total. The van der Waals surface area contributed by atoms with E-state index < -0.39 is 35.9 Å². The van der Waals surface area contributed by atoms with Gasteiger partial charge in [0.05, 0.1) is 6.04 Å². The van der Waals surface area contributed by atoms with Gasteiger partial charge < -0.3 is 32.3 Å². The number of aromatic hydroxyl groups is 1. The van der Waals surface area contributed by atoms with Crippen LogP contribution < -0.4 is 22.1 Å². The summed E-state index contributed by atoms with van der Waals surface area (Å²) in [5.41, 5.74) is 12.0. The van der Waals surface area contributed by atoms with Crippen molar-refractivity contribution in [2.24, 2.45) is 17.4 Å². The number of aliphatic carboxylic acids is 1. The molecule has 0 spiro atoms. The zero-order valence-electron chi connectivity index (χ0n) is 17.6. The molecule has 0 aliphatic rings. The van der Waals surface area contributed by atoms with Crippen molar-refractivity contribution in [1.29, 1.82) is 0 Å². The summed E-state index contributed by atoms with van der Waals surface area (Å²) < 4.78 is 0. The van der Waals surface area contributed by atoms with Gasteiger partial charge in [-0.2, -0.15) is 0 Å². The molecule has 0 saturated carbocycles. The Kier molecular flexibility index (Phi) is 10.8. The summed E-state index contributed by atoms with van der Waals surface area (Å²) in [5, 5.41) is 24.1. The van der Waals surface area contributed by atoms with Crippen molar-refractivity contribution < 1.29 is 24.6 Å². The monoisotopic (exact) mass is 422 g/mol. The van der Waals surface area contributed by atoms with Gasteiger partial charge in [0.15, 0.2) is 0 Å². The van der Waals surface area contributed by atoms with Crippen LogP contribution in [-0.2, 0) is 20.8 Å². The highest BCUT2D eigenvalue weighted by atomic mass is 16.4. The van der Waals surface area contributed by atoms with Crippen LogP contribution in [0.1, 0.15) is 45.1 Å². The first-order chi connectivity index (χ1) is 14.2. The summed E-state index contributed by atoms with van der Waals surface area (Å²) >= 11 is 0. The molecular formula is C21H34N4O5. The fraction of sp³-hybridized carbons (Fsp3) is 0.571. The second-order valence-corrected chi connectivity index (χ2v) is 7.53. The Morgan fingerprint density at radius 3 is 2.23 bits per heavy atom. The van der Waals surface area contributed by atoms with Gasteiger partial charge in [-0.3, -0.25) is 9.59 Å². The van der Waals surface area contributed by atoms with Crippen LogP contribution in [0.15, 0.2) is 24.3 Å². The number of rotatable bonds is 13. The van der Waals surface area contributed by atoms with Gasteiger partial charge in [-0.1, -0.05) is 38.8 Å². The predicted molar refractivity (Wildman–Crippen MR) is 114 cm³/mol. The average Bonchev–Trinajstić information content (AvgIpc) is 2.72. The van der Waals surface area contributed by atoms with E-state index in [9.17, 15) is 24.6 Å². The lowest BCUT2D eigenvalue weighted by Gasteiger charge is -2.26. The maximum Gasteiger partial charge on any atom is 0.326 e. The summed E-state index contributed by atoms with van der Waals surface area (Å²) in [6.45, 7) is 4.20. The number of nitrogens with two attached hydrogens (primary N) is 2. The molecule has 0 radical (unpaired) electrons. The highest BCUT2D eigenvalue weighted by Gasteiger charge is 2.31. The lowest BCUT2D eigenvalue weighted by Crippen LogP contribution is -2.57. The number of carbonyl (C=O) groups is 3. The largest absolute Gasteiger partial charge is 0.508 e. The van der Waals surface area contributed by atoms with Crippen LogP contribution in [-0.4, -0.2) is 52.7 Å². The Balaban J connectivity index is 2.83. The van der Waals surface area contributed by atoms with Crippen LogP contribution in [0, 0.1) is 5.92 Å². The van der Waals surface area contributed by atoms with E-state index in [1.165, 1.54) is 12.1 Å². The summed E-state index contributed by atoms with van der Waals surface area (Å²) in [6.07, 6.45) is 2.57. The van der Waals surface area contributed by atoms with Gasteiger partial charge in [-0.25, -0.2) is 4.79 Å². The minimum absolute atomic E-state index is 0.0428. The lowest BCUT2D eigenvalue weighted by atomic mass is 9.96. The standard InChI is InChI=1S/C21H34N4O5/c1-3-13(2)18(25-19(27)16(23)6-4-5-11-22)20(28)24-17(21(29)30)12-14-7-9-15(26)10-8-14/h7-10,13,16-18,26H,3-6,11-12,22-23H2,1-2H3,(H,24,28)(H,25,27)(H,29,30). The van der Waals surface area contributed by atoms with Crippen molar-refractivity contribution in [1.82, 2.24) is 10.6 Å². The molecule has 0 bridgehead atoms. The number of unbranched alkanes of at least 4 members (excludes halogenated alkanes) is 1. The van der Waals surface area contributed by atoms with E-state index >= 15 is 0 Å². The average molecular weight is 423 g/mol. The van der Waals surface area contributed by atoms with Crippen molar-refractivity contribution in [2.75, 3.05) is 6.54 Å². The Bertz CT molecular complexity index is 695. The zero-order chi connectivity index (χ0) is 22.7. The Morgan fingerprint density at radius 1 is 1.07 bits per heavy atom. The number of nitrogens with one attached hydrogen (secondary N) is 2. The number of phenols is 1. The molecule has 4 atom stereocenters. The van der Waals surface area contributed by atoms with E-state index in [1.807, 2.05) is 6.92 Å². The Labute approximate surface area is 177 Å². The quantitative estimate of drug-likeness (QED) is 0.251.